The zero-order valence-corrected chi connectivity index (χ0v) is 14.4. The van der Waals surface area contributed by atoms with E-state index in [0.29, 0.717) is 22.6 Å². The molecule has 0 saturated carbocycles. The fourth-order valence-electron chi connectivity index (χ4n) is 4.02. The molecule has 2 bridgehead atoms. The van der Waals surface area contributed by atoms with Crippen LogP contribution in [-0.2, 0) is 0 Å². The SMILES string of the molecule is [2H]C([2H])([2H])N1C(=O)c2ccc(F)c(Cl)c2[C@H]2C[C@@H]1c1nc3ccc(OC)cc3n12. The smallest absolute Gasteiger partial charge is 0.254 e. The Morgan fingerprint density at radius 1 is 1.35 bits per heavy atom. The number of hydrogen-bond acceptors (Lipinski definition) is 3. The van der Waals surface area contributed by atoms with Crippen LogP contribution in [0, 0.1) is 5.82 Å². The van der Waals surface area contributed by atoms with Gasteiger partial charge in [-0.3, -0.25) is 4.79 Å². The summed E-state index contributed by atoms with van der Waals surface area (Å²) in [5.41, 5.74) is 1.71. The number of fused-ring (bicyclic) bond motifs is 9. The quantitative estimate of drug-likeness (QED) is 0.647. The van der Waals surface area contributed by atoms with Crippen molar-refractivity contribution in [2.75, 3.05) is 14.1 Å². The second-order valence-corrected chi connectivity index (χ2v) is 6.84. The maximum atomic E-state index is 14.3. The molecule has 0 saturated heterocycles. The van der Waals surface area contributed by atoms with Crippen LogP contribution in [0.3, 0.4) is 0 Å². The third-order valence-electron chi connectivity index (χ3n) is 5.21. The van der Waals surface area contributed by atoms with E-state index in [1.807, 2.05) is 4.57 Å². The Morgan fingerprint density at radius 3 is 2.96 bits per heavy atom. The first-order chi connectivity index (χ1) is 13.7. The molecule has 2 aromatic carbocycles. The van der Waals surface area contributed by atoms with E-state index in [9.17, 15) is 9.18 Å². The normalized spacial score (nSPS) is 23.1. The molecule has 1 amide bonds. The molecule has 0 radical (unpaired) electrons. The Kier molecular flexibility index (Phi) is 2.54. The van der Waals surface area contributed by atoms with Crippen LogP contribution in [0.2, 0.25) is 5.02 Å². The van der Waals surface area contributed by atoms with Gasteiger partial charge in [-0.1, -0.05) is 11.6 Å². The average molecular weight is 375 g/mol. The summed E-state index contributed by atoms with van der Waals surface area (Å²) in [6.07, 6.45) is 0.246. The molecule has 132 valence electrons. The Balaban J connectivity index is 1.88. The number of rotatable bonds is 1. The zero-order chi connectivity index (χ0) is 20.7. The van der Waals surface area contributed by atoms with Crippen molar-refractivity contribution in [2.45, 2.75) is 18.5 Å². The van der Waals surface area contributed by atoms with E-state index < -0.39 is 30.8 Å². The molecule has 0 fully saturated rings. The molecule has 5 rings (SSSR count). The molecule has 1 aromatic heterocycles. The average Bonchev–Trinajstić information content (AvgIpc) is 3.15. The molecule has 0 spiro atoms. The van der Waals surface area contributed by atoms with Gasteiger partial charge in [0.25, 0.3) is 5.91 Å². The summed E-state index contributed by atoms with van der Waals surface area (Å²) in [7, 11) is 1.54. The van der Waals surface area contributed by atoms with Gasteiger partial charge in [-0.15, -0.1) is 0 Å². The van der Waals surface area contributed by atoms with Gasteiger partial charge in [0.2, 0.25) is 0 Å². The lowest BCUT2D eigenvalue weighted by atomic mass is 9.98. The summed E-state index contributed by atoms with van der Waals surface area (Å²) in [6.45, 7) is -2.69. The van der Waals surface area contributed by atoms with Gasteiger partial charge in [0, 0.05) is 34.7 Å². The first kappa shape index (κ1) is 12.7. The number of benzene rings is 2. The fraction of sp³-hybridized carbons (Fsp3) is 0.263. The first-order valence-electron chi connectivity index (χ1n) is 9.60. The van der Waals surface area contributed by atoms with Gasteiger partial charge in [-0.25, -0.2) is 9.37 Å². The van der Waals surface area contributed by atoms with Crippen LogP contribution in [-0.4, -0.2) is 34.4 Å². The zero-order valence-electron chi connectivity index (χ0n) is 16.7. The molecule has 3 heterocycles. The lowest BCUT2D eigenvalue weighted by molar-refractivity contribution is 0.0734. The molecule has 2 aliphatic rings. The second-order valence-electron chi connectivity index (χ2n) is 6.46. The van der Waals surface area contributed by atoms with Gasteiger partial charge in [0.1, 0.15) is 17.4 Å². The summed E-state index contributed by atoms with van der Waals surface area (Å²) < 4.78 is 45.4. The maximum Gasteiger partial charge on any atom is 0.254 e. The van der Waals surface area contributed by atoms with Crippen molar-refractivity contribution in [1.29, 1.82) is 0 Å². The predicted molar refractivity (Wildman–Crippen MR) is 95.3 cm³/mol. The Morgan fingerprint density at radius 2 is 2.19 bits per heavy atom. The number of methoxy groups -OCH3 is 1. The molecule has 2 aliphatic heterocycles. The van der Waals surface area contributed by atoms with E-state index in [2.05, 4.69) is 4.98 Å². The highest BCUT2D eigenvalue weighted by Gasteiger charge is 2.44. The van der Waals surface area contributed by atoms with Gasteiger partial charge < -0.3 is 14.2 Å². The van der Waals surface area contributed by atoms with E-state index >= 15 is 0 Å². The van der Waals surface area contributed by atoms with E-state index in [1.54, 1.807) is 25.3 Å². The van der Waals surface area contributed by atoms with Crippen LogP contribution >= 0.6 is 11.6 Å². The molecular formula is C19H15ClFN3O2. The molecular weight excluding hydrogens is 357 g/mol. The minimum Gasteiger partial charge on any atom is -0.497 e. The van der Waals surface area contributed by atoms with Crippen molar-refractivity contribution >= 4 is 28.5 Å². The van der Waals surface area contributed by atoms with Gasteiger partial charge in [-0.2, -0.15) is 0 Å². The van der Waals surface area contributed by atoms with Crippen LogP contribution < -0.4 is 4.74 Å². The number of carbonyl (C=O) groups is 1. The van der Waals surface area contributed by atoms with Crippen molar-refractivity contribution < 1.29 is 18.0 Å². The van der Waals surface area contributed by atoms with Crippen molar-refractivity contribution in [3.63, 3.8) is 0 Å². The lowest BCUT2D eigenvalue weighted by Crippen LogP contribution is -2.30. The molecule has 26 heavy (non-hydrogen) atoms. The van der Waals surface area contributed by atoms with Crippen molar-refractivity contribution in [3.8, 4) is 5.75 Å². The van der Waals surface area contributed by atoms with Crippen molar-refractivity contribution in [1.82, 2.24) is 14.5 Å². The standard InChI is InChI=1S/C19H15ClFN3O2/c1-23-15-8-14(16-10(19(23)25)4-5-11(21)17(16)20)24-13-7-9(26-2)3-6-12(13)22-18(15)24/h3-7,14-15H,8H2,1-2H3/t14-,15-/m1/s1/i1D3. The van der Waals surface area contributed by atoms with E-state index in [0.717, 1.165) is 11.0 Å². The summed E-state index contributed by atoms with van der Waals surface area (Å²) >= 11 is 6.30. The number of hydrogen-bond donors (Lipinski definition) is 0. The Hall–Kier alpha value is -2.60. The van der Waals surface area contributed by atoms with Crippen LogP contribution in [0.1, 0.15) is 44.4 Å². The van der Waals surface area contributed by atoms with E-state index in [-0.39, 0.29) is 22.6 Å². The molecule has 0 unspecified atom stereocenters. The van der Waals surface area contributed by atoms with Crippen molar-refractivity contribution in [2.24, 2.45) is 0 Å². The van der Waals surface area contributed by atoms with Crippen LogP contribution in [0.25, 0.3) is 11.0 Å². The molecule has 2 atom stereocenters. The minimum absolute atomic E-state index is 0.0930. The van der Waals surface area contributed by atoms with E-state index in [4.69, 9.17) is 20.5 Å². The Labute approximate surface area is 158 Å². The number of nitrogens with zero attached hydrogens (tertiary/aromatic N) is 3. The number of carbonyl (C=O) groups excluding carboxylic acids is 1. The van der Waals surface area contributed by atoms with Gasteiger partial charge >= 0.3 is 0 Å². The first-order valence-corrected chi connectivity index (χ1v) is 8.47. The monoisotopic (exact) mass is 374 g/mol. The maximum absolute atomic E-state index is 14.3. The summed E-state index contributed by atoms with van der Waals surface area (Å²) in [4.78, 5) is 18.7. The highest BCUT2D eigenvalue weighted by atomic mass is 35.5. The summed E-state index contributed by atoms with van der Waals surface area (Å²) in [5, 5.41) is -0.176. The highest BCUT2D eigenvalue weighted by Crippen LogP contribution is 2.49. The Bertz CT molecular complexity index is 1190. The van der Waals surface area contributed by atoms with Crippen molar-refractivity contribution in [3.05, 3.63) is 58.1 Å². The highest BCUT2D eigenvalue weighted by molar-refractivity contribution is 6.32. The number of imidazole rings is 1. The lowest BCUT2D eigenvalue weighted by Gasteiger charge is -2.24. The third-order valence-corrected chi connectivity index (χ3v) is 5.59. The largest absolute Gasteiger partial charge is 0.497 e. The van der Waals surface area contributed by atoms with Gasteiger partial charge in [-0.05, 0) is 24.3 Å². The number of aromatic nitrogens is 2. The molecule has 0 N–H and O–H groups in total. The van der Waals surface area contributed by atoms with Gasteiger partial charge in [0.15, 0.2) is 0 Å². The summed E-state index contributed by atoms with van der Waals surface area (Å²) in [6, 6.07) is 6.38. The van der Waals surface area contributed by atoms with Gasteiger partial charge in [0.05, 0.1) is 35.2 Å². The number of ether oxygens (including phenoxy) is 1. The molecule has 7 heteroatoms. The number of halogens is 2. The van der Waals surface area contributed by atoms with Crippen LogP contribution in [0.4, 0.5) is 4.39 Å². The van der Waals surface area contributed by atoms with Crippen LogP contribution in [0.5, 0.6) is 5.75 Å². The minimum atomic E-state index is -2.69. The summed E-state index contributed by atoms with van der Waals surface area (Å²) in [5.74, 6) is -0.319. The topological polar surface area (TPSA) is 47.4 Å². The van der Waals surface area contributed by atoms with Crippen LogP contribution in [0.15, 0.2) is 30.3 Å². The molecule has 3 aromatic rings. The predicted octanol–water partition coefficient (Wildman–Crippen LogP) is 3.96. The van der Waals surface area contributed by atoms with E-state index in [1.165, 1.54) is 6.07 Å². The fourth-order valence-corrected chi connectivity index (χ4v) is 4.31. The molecule has 5 nitrogen and oxygen atoms in total. The second kappa shape index (κ2) is 5.20. The third kappa shape index (κ3) is 1.85. The number of amides is 1. The molecule has 0 aliphatic carbocycles.